The van der Waals surface area contributed by atoms with Crippen molar-refractivity contribution in [3.63, 3.8) is 0 Å². The molecule has 3 heterocycles. The first-order chi connectivity index (χ1) is 26.6. The lowest BCUT2D eigenvalue weighted by atomic mass is 9.83. The molecule has 0 aliphatic heterocycles. The van der Waals surface area contributed by atoms with Gasteiger partial charge in [-0.3, -0.25) is 0 Å². The minimum atomic E-state index is -0.414. The molecule has 6 aromatic carbocycles. The molecule has 0 fully saturated rings. The van der Waals surface area contributed by atoms with Crippen molar-refractivity contribution in [1.82, 2.24) is 24.9 Å². The van der Waals surface area contributed by atoms with Crippen LogP contribution in [0, 0.1) is 0 Å². The Hall–Kier alpha value is -7.05. The van der Waals surface area contributed by atoms with Gasteiger partial charge < -0.3 is 4.42 Å². The summed E-state index contributed by atoms with van der Waals surface area (Å²) in [6.45, 7) is 2.18. The minimum Gasteiger partial charge on any atom is -0.456 e. The zero-order chi connectivity index (χ0) is 36.1. The van der Waals surface area contributed by atoms with Gasteiger partial charge >= 0.3 is 0 Å². The van der Waals surface area contributed by atoms with Crippen molar-refractivity contribution in [3.8, 4) is 56.5 Å². The number of furan rings is 1. The second-order valence-electron chi connectivity index (χ2n) is 13.9. The van der Waals surface area contributed by atoms with Gasteiger partial charge in [0.1, 0.15) is 17.0 Å². The molecule has 10 rings (SSSR count). The zero-order valence-corrected chi connectivity index (χ0v) is 29.5. The van der Waals surface area contributed by atoms with E-state index < -0.39 is 5.41 Å². The maximum absolute atomic E-state index is 6.58. The van der Waals surface area contributed by atoms with Crippen LogP contribution in [0.1, 0.15) is 19.2 Å². The Labute approximate surface area is 312 Å². The lowest BCUT2D eigenvalue weighted by Crippen LogP contribution is -2.24. The smallest absolute Gasteiger partial charge is 0.164 e. The largest absolute Gasteiger partial charge is 0.456 e. The maximum Gasteiger partial charge on any atom is 0.164 e. The van der Waals surface area contributed by atoms with E-state index in [1.165, 1.54) is 0 Å². The van der Waals surface area contributed by atoms with Gasteiger partial charge in [-0.05, 0) is 48.7 Å². The summed E-state index contributed by atoms with van der Waals surface area (Å²) in [6.07, 6.45) is 9.29. The van der Waals surface area contributed by atoms with Gasteiger partial charge in [0.15, 0.2) is 17.5 Å². The third-order valence-electron chi connectivity index (χ3n) is 10.3. The van der Waals surface area contributed by atoms with Gasteiger partial charge in [0.2, 0.25) is 0 Å². The molecule has 1 unspecified atom stereocenters. The van der Waals surface area contributed by atoms with E-state index in [0.717, 1.165) is 78.3 Å². The fourth-order valence-electron chi connectivity index (χ4n) is 7.49. The molecule has 0 N–H and O–H groups in total. The Balaban J connectivity index is 1.21. The van der Waals surface area contributed by atoms with E-state index in [-0.39, 0.29) is 0 Å². The predicted molar refractivity (Wildman–Crippen MR) is 218 cm³/mol. The monoisotopic (exact) mass is 695 g/mol. The van der Waals surface area contributed by atoms with Crippen LogP contribution in [0.15, 0.2) is 174 Å². The first-order valence-corrected chi connectivity index (χ1v) is 18.2. The molecule has 1 aliphatic rings. The first kappa shape index (κ1) is 31.7. The van der Waals surface area contributed by atoms with Crippen LogP contribution < -0.4 is 0 Å². The molecule has 0 bridgehead atoms. The maximum atomic E-state index is 6.58. The van der Waals surface area contributed by atoms with E-state index in [1.807, 2.05) is 66.7 Å². The highest BCUT2D eigenvalue weighted by Crippen LogP contribution is 2.42. The van der Waals surface area contributed by atoms with Crippen LogP contribution in [0.5, 0.6) is 0 Å². The fraction of sp³-hybridized carbons (Fsp3) is 0.0625. The van der Waals surface area contributed by atoms with Gasteiger partial charge in [-0.1, -0.05) is 146 Å². The quantitative estimate of drug-likeness (QED) is 0.172. The van der Waals surface area contributed by atoms with E-state index >= 15 is 0 Å². The molecule has 3 aromatic heterocycles. The topological polar surface area (TPSA) is 77.6 Å². The summed E-state index contributed by atoms with van der Waals surface area (Å²) < 4.78 is 6.58. The van der Waals surface area contributed by atoms with Crippen molar-refractivity contribution in [1.29, 1.82) is 0 Å². The van der Waals surface area contributed by atoms with Gasteiger partial charge in [0.25, 0.3) is 0 Å². The summed E-state index contributed by atoms with van der Waals surface area (Å²) in [5.41, 5.74) is 8.73. The summed E-state index contributed by atoms with van der Waals surface area (Å²) in [6, 6.07) is 49.4. The molecular formula is C48H33N5O. The van der Waals surface area contributed by atoms with E-state index in [9.17, 15) is 0 Å². The summed E-state index contributed by atoms with van der Waals surface area (Å²) in [5, 5.41) is 2.82. The van der Waals surface area contributed by atoms with Crippen LogP contribution in [-0.2, 0) is 5.41 Å². The van der Waals surface area contributed by atoms with Crippen molar-refractivity contribution in [2.24, 2.45) is 0 Å². The number of para-hydroxylation sites is 1. The van der Waals surface area contributed by atoms with Crippen molar-refractivity contribution >= 4 is 32.8 Å². The number of nitrogens with zero attached hydrogens (tertiary/aromatic N) is 5. The van der Waals surface area contributed by atoms with Gasteiger partial charge in [0.05, 0.1) is 11.2 Å². The SMILES string of the molecule is CC1(c2nc(-c3cccc(-c4ccccc4)c3)nc(-c3cccc4oc5cccc(-c6nc(-c7ccccc7)c7ccccc7n6)c5c34)n2)C=CC=CC1. The summed E-state index contributed by atoms with van der Waals surface area (Å²) in [4.78, 5) is 26.0. The Kier molecular flexibility index (Phi) is 7.54. The van der Waals surface area contributed by atoms with Crippen LogP contribution in [0.4, 0.5) is 0 Å². The average Bonchev–Trinajstić information content (AvgIpc) is 3.63. The second-order valence-corrected chi connectivity index (χ2v) is 13.9. The third-order valence-corrected chi connectivity index (χ3v) is 10.3. The van der Waals surface area contributed by atoms with Crippen LogP contribution in [0.25, 0.3) is 89.4 Å². The molecular weight excluding hydrogens is 663 g/mol. The van der Waals surface area contributed by atoms with Crippen LogP contribution in [0.3, 0.4) is 0 Å². The lowest BCUT2D eigenvalue weighted by molar-refractivity contribution is 0.554. The van der Waals surface area contributed by atoms with Crippen molar-refractivity contribution in [2.75, 3.05) is 0 Å². The third kappa shape index (κ3) is 5.47. The van der Waals surface area contributed by atoms with Crippen LogP contribution in [-0.4, -0.2) is 24.9 Å². The van der Waals surface area contributed by atoms with E-state index in [0.29, 0.717) is 23.3 Å². The van der Waals surface area contributed by atoms with Gasteiger partial charge in [-0.2, -0.15) is 0 Å². The number of allylic oxidation sites excluding steroid dienone is 4. The molecule has 1 aliphatic carbocycles. The minimum absolute atomic E-state index is 0.414. The fourth-order valence-corrected chi connectivity index (χ4v) is 7.49. The number of rotatable bonds is 6. The number of aromatic nitrogens is 5. The van der Waals surface area contributed by atoms with Crippen molar-refractivity contribution in [3.05, 3.63) is 176 Å². The molecule has 0 amide bonds. The molecule has 1 atom stereocenters. The Morgan fingerprint density at radius 1 is 0.500 bits per heavy atom. The van der Waals surface area contributed by atoms with Crippen molar-refractivity contribution < 1.29 is 4.42 Å². The molecule has 6 nitrogen and oxygen atoms in total. The van der Waals surface area contributed by atoms with E-state index in [4.69, 9.17) is 29.3 Å². The summed E-state index contributed by atoms with van der Waals surface area (Å²) in [5.74, 6) is 2.53. The molecule has 9 aromatic rings. The standard InChI is InChI=1S/C48H33N5O/c1-48(28-11-4-12-29-48)47-52-44(34-21-13-20-33(30-34)31-16-5-2-6-17-31)51-46(53-47)37-24-15-27-40-42(37)41-36(23-14-26-39(41)54-40)45-49-38-25-10-9-22-35(38)43(50-45)32-18-7-3-8-19-32/h2-28,30H,29H2,1H3. The summed E-state index contributed by atoms with van der Waals surface area (Å²) >= 11 is 0. The average molecular weight is 696 g/mol. The van der Waals surface area contributed by atoms with Gasteiger partial charge in [-0.25, -0.2) is 24.9 Å². The number of benzene rings is 6. The molecule has 0 saturated carbocycles. The molecule has 256 valence electrons. The Bertz CT molecular complexity index is 2930. The van der Waals surface area contributed by atoms with Gasteiger partial charge in [0, 0.05) is 43.8 Å². The van der Waals surface area contributed by atoms with E-state index in [2.05, 4.69) is 110 Å². The Morgan fingerprint density at radius 3 is 1.83 bits per heavy atom. The van der Waals surface area contributed by atoms with Gasteiger partial charge in [-0.15, -0.1) is 0 Å². The first-order valence-electron chi connectivity index (χ1n) is 18.2. The van der Waals surface area contributed by atoms with Crippen LogP contribution >= 0.6 is 0 Å². The zero-order valence-electron chi connectivity index (χ0n) is 29.5. The molecule has 0 radical (unpaired) electrons. The normalized spacial score (nSPS) is 15.4. The number of hydrogen-bond acceptors (Lipinski definition) is 6. The highest BCUT2D eigenvalue weighted by atomic mass is 16.3. The lowest BCUT2D eigenvalue weighted by Gasteiger charge is -2.25. The second kappa shape index (κ2) is 12.9. The number of hydrogen-bond donors (Lipinski definition) is 0. The highest BCUT2D eigenvalue weighted by Gasteiger charge is 2.30. The Morgan fingerprint density at radius 2 is 1.11 bits per heavy atom. The molecule has 6 heteroatoms. The van der Waals surface area contributed by atoms with E-state index in [1.54, 1.807) is 0 Å². The predicted octanol–water partition coefficient (Wildman–Crippen LogP) is 11.8. The van der Waals surface area contributed by atoms with Crippen LogP contribution in [0.2, 0.25) is 0 Å². The molecule has 0 spiro atoms. The summed E-state index contributed by atoms with van der Waals surface area (Å²) in [7, 11) is 0. The number of fused-ring (bicyclic) bond motifs is 4. The molecule has 54 heavy (non-hydrogen) atoms. The molecule has 0 saturated heterocycles. The highest BCUT2D eigenvalue weighted by molar-refractivity contribution is 6.17. The van der Waals surface area contributed by atoms with Crippen molar-refractivity contribution in [2.45, 2.75) is 18.8 Å².